The van der Waals surface area contributed by atoms with Gasteiger partial charge in [0, 0.05) is 24.1 Å². The number of carbonyl (C=O) groups is 2. The minimum absolute atomic E-state index is 0.142. The zero-order chi connectivity index (χ0) is 27.9. The molecular weight excluding hydrogens is 486 g/mol. The zero-order valence-electron chi connectivity index (χ0n) is 23.1. The molecule has 3 rings (SSSR count). The summed E-state index contributed by atoms with van der Waals surface area (Å²) < 4.78 is 17.5. The number of rotatable bonds is 10. The highest BCUT2D eigenvalue weighted by atomic mass is 16.5. The van der Waals surface area contributed by atoms with Crippen LogP contribution in [0, 0.1) is 0 Å². The van der Waals surface area contributed by atoms with Gasteiger partial charge in [0.1, 0.15) is 29.6 Å². The minimum atomic E-state index is -0.412. The summed E-state index contributed by atoms with van der Waals surface area (Å²) in [6.45, 7) is 8.36. The van der Waals surface area contributed by atoms with Gasteiger partial charge in [-0.2, -0.15) is 5.10 Å². The quantitative estimate of drug-likeness (QED) is 0.384. The summed E-state index contributed by atoms with van der Waals surface area (Å²) >= 11 is 0. The lowest BCUT2D eigenvalue weighted by molar-refractivity contribution is -0.116. The van der Waals surface area contributed by atoms with Crippen molar-refractivity contribution in [3.8, 4) is 22.9 Å². The van der Waals surface area contributed by atoms with Gasteiger partial charge >= 0.3 is 6.03 Å². The van der Waals surface area contributed by atoms with Crippen molar-refractivity contribution in [2.24, 2.45) is 0 Å². The number of hydrogen-bond donors (Lipinski definition) is 2. The molecule has 0 fully saturated rings. The van der Waals surface area contributed by atoms with Crippen LogP contribution >= 0.6 is 0 Å². The fraction of sp³-hybridized carbons (Fsp3) is 0.393. The largest absolute Gasteiger partial charge is 0.497 e. The van der Waals surface area contributed by atoms with Crippen molar-refractivity contribution in [1.82, 2.24) is 14.7 Å². The molecule has 0 saturated carbocycles. The van der Waals surface area contributed by atoms with E-state index in [9.17, 15) is 9.59 Å². The van der Waals surface area contributed by atoms with Crippen LogP contribution in [0.15, 0.2) is 48.5 Å². The van der Waals surface area contributed by atoms with Crippen LogP contribution in [0.1, 0.15) is 39.8 Å². The highest BCUT2D eigenvalue weighted by Crippen LogP contribution is 2.30. The van der Waals surface area contributed by atoms with Crippen molar-refractivity contribution in [1.29, 1.82) is 0 Å². The van der Waals surface area contributed by atoms with E-state index in [1.54, 1.807) is 37.1 Å². The summed E-state index contributed by atoms with van der Waals surface area (Å²) in [5.41, 5.74) is 1.83. The van der Waals surface area contributed by atoms with Crippen molar-refractivity contribution >= 4 is 23.4 Å². The van der Waals surface area contributed by atoms with Gasteiger partial charge in [-0.3, -0.25) is 4.79 Å². The van der Waals surface area contributed by atoms with Crippen molar-refractivity contribution in [2.45, 2.75) is 39.5 Å². The van der Waals surface area contributed by atoms with Gasteiger partial charge in [-0.1, -0.05) is 27.7 Å². The Morgan fingerprint density at radius 3 is 2.16 bits per heavy atom. The summed E-state index contributed by atoms with van der Waals surface area (Å²) in [4.78, 5) is 27.7. The second-order valence-corrected chi connectivity index (χ2v) is 9.74. The Bertz CT molecular complexity index is 1250. The summed E-state index contributed by atoms with van der Waals surface area (Å²) in [6.07, 6.45) is 0.679. The van der Waals surface area contributed by atoms with E-state index in [1.165, 1.54) is 12.0 Å². The van der Waals surface area contributed by atoms with Crippen molar-refractivity contribution in [3.05, 3.63) is 54.2 Å². The number of benzene rings is 2. The Morgan fingerprint density at radius 2 is 1.58 bits per heavy atom. The summed E-state index contributed by atoms with van der Waals surface area (Å²) in [5.74, 6) is 1.95. The predicted molar refractivity (Wildman–Crippen MR) is 148 cm³/mol. The summed E-state index contributed by atoms with van der Waals surface area (Å²) in [6, 6.07) is 13.9. The van der Waals surface area contributed by atoms with Gasteiger partial charge in [-0.15, -0.1) is 0 Å². The third-order valence-electron chi connectivity index (χ3n) is 5.83. The van der Waals surface area contributed by atoms with E-state index in [2.05, 4.69) is 31.4 Å². The van der Waals surface area contributed by atoms with Gasteiger partial charge in [0.2, 0.25) is 5.91 Å². The molecule has 10 nitrogen and oxygen atoms in total. The number of anilines is 2. The van der Waals surface area contributed by atoms with E-state index in [4.69, 9.17) is 19.3 Å². The minimum Gasteiger partial charge on any atom is -0.497 e. The molecule has 2 aromatic carbocycles. The first-order chi connectivity index (χ1) is 18.1. The molecule has 0 saturated heterocycles. The van der Waals surface area contributed by atoms with E-state index in [-0.39, 0.29) is 17.9 Å². The Balaban J connectivity index is 1.80. The Labute approximate surface area is 223 Å². The molecule has 3 aromatic rings. The number of nitrogens with zero attached hydrogens (tertiary/aromatic N) is 3. The van der Waals surface area contributed by atoms with Gasteiger partial charge in [-0.05, 0) is 42.8 Å². The summed E-state index contributed by atoms with van der Waals surface area (Å²) in [5, 5.41) is 10.5. The number of ether oxygens (including phenoxy) is 3. The van der Waals surface area contributed by atoms with Gasteiger partial charge < -0.3 is 29.7 Å². The first-order valence-electron chi connectivity index (χ1n) is 12.4. The average molecular weight is 524 g/mol. The van der Waals surface area contributed by atoms with E-state index in [0.29, 0.717) is 36.0 Å². The zero-order valence-corrected chi connectivity index (χ0v) is 23.1. The Hall–Kier alpha value is -4.21. The molecule has 0 radical (unpaired) electrons. The maximum Gasteiger partial charge on any atom is 0.322 e. The number of methoxy groups -OCH3 is 3. The van der Waals surface area contributed by atoms with Crippen LogP contribution in [0.2, 0.25) is 0 Å². The highest BCUT2D eigenvalue weighted by Gasteiger charge is 2.23. The normalized spacial score (nSPS) is 11.0. The molecular formula is C28H37N5O5. The van der Waals surface area contributed by atoms with Crippen LogP contribution in [0.4, 0.5) is 16.3 Å². The van der Waals surface area contributed by atoms with Crippen LogP contribution in [0.25, 0.3) is 5.69 Å². The second kappa shape index (κ2) is 12.4. The van der Waals surface area contributed by atoms with Crippen LogP contribution in [0.5, 0.6) is 17.2 Å². The summed E-state index contributed by atoms with van der Waals surface area (Å²) in [7, 11) is 4.67. The Morgan fingerprint density at radius 1 is 0.921 bits per heavy atom. The van der Waals surface area contributed by atoms with Gasteiger partial charge in [0.05, 0.1) is 38.4 Å². The van der Waals surface area contributed by atoms with Gasteiger partial charge in [-0.25, -0.2) is 9.48 Å². The van der Waals surface area contributed by atoms with Crippen LogP contribution < -0.4 is 24.8 Å². The van der Waals surface area contributed by atoms with Gasteiger partial charge in [0.15, 0.2) is 0 Å². The molecule has 0 bridgehead atoms. The number of amides is 3. The molecule has 0 aliphatic rings. The third-order valence-corrected chi connectivity index (χ3v) is 5.83. The maximum absolute atomic E-state index is 13.2. The van der Waals surface area contributed by atoms with E-state index in [1.807, 2.05) is 37.3 Å². The fourth-order valence-corrected chi connectivity index (χ4v) is 3.73. The molecule has 0 spiro atoms. The predicted octanol–water partition coefficient (Wildman–Crippen LogP) is 5.08. The maximum atomic E-state index is 13.2. The smallest absolute Gasteiger partial charge is 0.322 e. The molecule has 2 N–H and O–H groups in total. The van der Waals surface area contributed by atoms with E-state index < -0.39 is 6.03 Å². The molecule has 0 atom stereocenters. The number of nitrogens with one attached hydrogen (secondary N) is 2. The monoisotopic (exact) mass is 523 g/mol. The van der Waals surface area contributed by atoms with E-state index in [0.717, 1.165) is 17.1 Å². The molecule has 0 unspecified atom stereocenters. The fourth-order valence-electron chi connectivity index (χ4n) is 3.73. The van der Waals surface area contributed by atoms with Crippen molar-refractivity contribution < 1.29 is 23.8 Å². The SMILES string of the molecule is CCCN(CC(=O)Nc1cc(C(C)(C)C)nn1-c1ccc(OC)cc1)C(=O)Nc1ccc(OC)cc1OC. The number of urea groups is 1. The molecule has 38 heavy (non-hydrogen) atoms. The lowest BCUT2D eigenvalue weighted by Gasteiger charge is -2.23. The molecule has 1 aromatic heterocycles. The molecule has 204 valence electrons. The molecule has 10 heteroatoms. The average Bonchev–Trinajstić information content (AvgIpc) is 3.32. The number of aromatic nitrogens is 2. The number of carbonyl (C=O) groups excluding carboxylic acids is 2. The number of hydrogen-bond acceptors (Lipinski definition) is 6. The highest BCUT2D eigenvalue weighted by molar-refractivity contribution is 5.97. The molecule has 0 aliphatic carbocycles. The lowest BCUT2D eigenvalue weighted by atomic mass is 9.92. The standard InChI is InChI=1S/C28H37N5O5/c1-8-15-32(27(35)29-22-14-13-21(37-6)16-23(22)38-7)18-26(34)30-25-17-24(28(2,3)4)31-33(25)19-9-11-20(36-5)12-10-19/h9-14,16-17H,8,15,18H2,1-7H3,(H,29,35)(H,30,34). The topological polar surface area (TPSA) is 107 Å². The molecule has 1 heterocycles. The van der Waals surface area contributed by atoms with Crippen LogP contribution in [-0.2, 0) is 10.2 Å². The van der Waals surface area contributed by atoms with Crippen molar-refractivity contribution in [3.63, 3.8) is 0 Å². The first kappa shape index (κ1) is 28.4. The van der Waals surface area contributed by atoms with Gasteiger partial charge in [0.25, 0.3) is 0 Å². The van der Waals surface area contributed by atoms with Crippen LogP contribution in [0.3, 0.4) is 0 Å². The molecule has 3 amide bonds. The lowest BCUT2D eigenvalue weighted by Crippen LogP contribution is -2.41. The van der Waals surface area contributed by atoms with E-state index >= 15 is 0 Å². The Kier molecular flexibility index (Phi) is 9.22. The molecule has 0 aliphatic heterocycles. The van der Waals surface area contributed by atoms with Crippen molar-refractivity contribution in [2.75, 3.05) is 45.1 Å². The first-order valence-corrected chi connectivity index (χ1v) is 12.4. The second-order valence-electron chi connectivity index (χ2n) is 9.74. The van der Waals surface area contributed by atoms with Crippen LogP contribution in [-0.4, -0.2) is 61.0 Å². The third kappa shape index (κ3) is 6.96.